The van der Waals surface area contributed by atoms with Crippen LogP contribution in [-0.4, -0.2) is 42.8 Å². The molecule has 0 spiro atoms. The molecule has 0 saturated carbocycles. The molecule has 1 aliphatic heterocycles. The molecule has 7 heteroatoms. The van der Waals surface area contributed by atoms with E-state index in [0.717, 1.165) is 11.5 Å². The first-order valence-electron chi connectivity index (χ1n) is 5.15. The number of nitrogens with zero attached hydrogens (tertiary/aromatic N) is 3. The maximum absolute atomic E-state index is 11.3. The van der Waals surface area contributed by atoms with Crippen LogP contribution in [0.4, 0.5) is 11.5 Å². The van der Waals surface area contributed by atoms with E-state index < -0.39 is 9.84 Å². The molecule has 0 bridgehead atoms. The second-order valence-corrected chi connectivity index (χ2v) is 6.39. The molecular formula is C9H16N4O2S. The number of hydrogen-bond donors (Lipinski definition) is 1. The lowest BCUT2D eigenvalue weighted by Crippen LogP contribution is -2.41. The molecular weight excluding hydrogens is 228 g/mol. The number of nitrogens with two attached hydrogens (primary N) is 1. The van der Waals surface area contributed by atoms with Gasteiger partial charge in [-0.15, -0.1) is 0 Å². The Morgan fingerprint density at radius 1 is 1.31 bits per heavy atom. The van der Waals surface area contributed by atoms with Gasteiger partial charge in [0.1, 0.15) is 5.82 Å². The first-order valence-corrected chi connectivity index (χ1v) is 6.97. The van der Waals surface area contributed by atoms with Gasteiger partial charge in [0.2, 0.25) is 0 Å². The van der Waals surface area contributed by atoms with E-state index in [-0.39, 0.29) is 11.5 Å². The second kappa shape index (κ2) is 3.65. The molecule has 1 aromatic rings. The molecule has 1 fully saturated rings. The Bertz CT molecular complexity index is 492. The van der Waals surface area contributed by atoms with Crippen molar-refractivity contribution >= 4 is 21.3 Å². The number of sulfone groups is 1. The minimum Gasteiger partial charge on any atom is -0.394 e. The normalized spacial score (nSPS) is 20.0. The highest BCUT2D eigenvalue weighted by molar-refractivity contribution is 7.91. The third kappa shape index (κ3) is 1.87. The standard InChI is InChI=1S/C9H16N4O2S/c1-7-8(10)9(12(2)11-7)13-3-5-16(14,15)6-4-13/h3-6,10H2,1-2H3. The number of nitrogen functional groups attached to an aromatic ring is 1. The van der Waals surface area contributed by atoms with E-state index in [1.807, 2.05) is 18.9 Å². The minimum atomic E-state index is -2.85. The summed E-state index contributed by atoms with van der Waals surface area (Å²) in [4.78, 5) is 1.98. The highest BCUT2D eigenvalue weighted by Gasteiger charge is 2.25. The first kappa shape index (κ1) is 11.3. The summed E-state index contributed by atoms with van der Waals surface area (Å²) in [5, 5.41) is 4.22. The highest BCUT2D eigenvalue weighted by atomic mass is 32.2. The van der Waals surface area contributed by atoms with Crippen molar-refractivity contribution in [1.29, 1.82) is 0 Å². The molecule has 2 N–H and O–H groups in total. The Morgan fingerprint density at radius 2 is 1.88 bits per heavy atom. The molecule has 0 aliphatic carbocycles. The first-order chi connectivity index (χ1) is 7.41. The lowest BCUT2D eigenvalue weighted by molar-refractivity contribution is 0.584. The van der Waals surface area contributed by atoms with Crippen LogP contribution in [0.1, 0.15) is 5.69 Å². The van der Waals surface area contributed by atoms with Gasteiger partial charge in [0, 0.05) is 20.1 Å². The lowest BCUT2D eigenvalue weighted by atomic mass is 10.3. The second-order valence-electron chi connectivity index (χ2n) is 4.09. The van der Waals surface area contributed by atoms with Crippen molar-refractivity contribution in [1.82, 2.24) is 9.78 Å². The van der Waals surface area contributed by atoms with Gasteiger partial charge in [-0.25, -0.2) is 8.42 Å². The van der Waals surface area contributed by atoms with Gasteiger partial charge in [0.25, 0.3) is 0 Å². The number of aryl methyl sites for hydroxylation is 2. The number of hydrogen-bond acceptors (Lipinski definition) is 5. The molecule has 0 amide bonds. The van der Waals surface area contributed by atoms with E-state index in [1.54, 1.807) is 4.68 Å². The van der Waals surface area contributed by atoms with Gasteiger partial charge < -0.3 is 10.6 Å². The number of anilines is 2. The zero-order chi connectivity index (χ0) is 11.9. The van der Waals surface area contributed by atoms with E-state index in [9.17, 15) is 8.42 Å². The molecule has 2 rings (SSSR count). The monoisotopic (exact) mass is 244 g/mol. The van der Waals surface area contributed by atoms with Gasteiger partial charge in [0.05, 0.1) is 22.9 Å². The van der Waals surface area contributed by atoms with Crippen LogP contribution in [0.15, 0.2) is 0 Å². The quantitative estimate of drug-likeness (QED) is 0.723. The van der Waals surface area contributed by atoms with Crippen LogP contribution in [0.5, 0.6) is 0 Å². The average molecular weight is 244 g/mol. The summed E-state index contributed by atoms with van der Waals surface area (Å²) in [6.45, 7) is 2.83. The molecule has 90 valence electrons. The molecule has 16 heavy (non-hydrogen) atoms. The Kier molecular flexibility index (Phi) is 2.57. The van der Waals surface area contributed by atoms with Crippen molar-refractivity contribution in [2.45, 2.75) is 6.92 Å². The van der Waals surface area contributed by atoms with Gasteiger partial charge in [0.15, 0.2) is 9.84 Å². The molecule has 0 unspecified atom stereocenters. The fourth-order valence-electron chi connectivity index (χ4n) is 1.96. The molecule has 1 aromatic heterocycles. The van der Waals surface area contributed by atoms with Crippen LogP contribution >= 0.6 is 0 Å². The van der Waals surface area contributed by atoms with Crippen molar-refractivity contribution in [3.63, 3.8) is 0 Å². The van der Waals surface area contributed by atoms with Crippen LogP contribution in [0.2, 0.25) is 0 Å². The van der Waals surface area contributed by atoms with Crippen molar-refractivity contribution in [2.75, 3.05) is 35.2 Å². The fraction of sp³-hybridized carbons (Fsp3) is 0.667. The summed E-state index contributed by atoms with van der Waals surface area (Å²) >= 11 is 0. The van der Waals surface area contributed by atoms with Gasteiger partial charge in [-0.05, 0) is 6.92 Å². The molecule has 0 aromatic carbocycles. The highest BCUT2D eigenvalue weighted by Crippen LogP contribution is 2.26. The van der Waals surface area contributed by atoms with Crippen molar-refractivity contribution in [3.8, 4) is 0 Å². The number of aromatic nitrogens is 2. The summed E-state index contributed by atoms with van der Waals surface area (Å²) in [7, 11) is -1.03. The SMILES string of the molecule is Cc1nn(C)c(N2CCS(=O)(=O)CC2)c1N. The summed E-state index contributed by atoms with van der Waals surface area (Å²) < 4.78 is 24.4. The predicted molar refractivity (Wildman–Crippen MR) is 63.2 cm³/mol. The lowest BCUT2D eigenvalue weighted by Gasteiger charge is -2.28. The van der Waals surface area contributed by atoms with E-state index >= 15 is 0 Å². The van der Waals surface area contributed by atoms with Crippen molar-refractivity contribution in [2.24, 2.45) is 7.05 Å². The van der Waals surface area contributed by atoms with Gasteiger partial charge in [-0.2, -0.15) is 5.10 Å². The molecule has 0 atom stereocenters. The Balaban J connectivity index is 2.27. The molecule has 1 saturated heterocycles. The predicted octanol–water partition coefficient (Wildman–Crippen LogP) is -0.454. The largest absolute Gasteiger partial charge is 0.394 e. The Hall–Kier alpha value is -1.24. The van der Waals surface area contributed by atoms with E-state index in [4.69, 9.17) is 5.73 Å². The Morgan fingerprint density at radius 3 is 2.31 bits per heavy atom. The van der Waals surface area contributed by atoms with E-state index in [1.165, 1.54) is 0 Å². The maximum Gasteiger partial charge on any atom is 0.153 e. The minimum absolute atomic E-state index is 0.191. The molecule has 0 radical (unpaired) electrons. The Labute approximate surface area is 94.9 Å². The third-order valence-electron chi connectivity index (χ3n) is 2.88. The van der Waals surface area contributed by atoms with Crippen LogP contribution in [0, 0.1) is 6.92 Å². The van der Waals surface area contributed by atoms with Gasteiger partial charge in [-0.3, -0.25) is 4.68 Å². The third-order valence-corrected chi connectivity index (χ3v) is 4.49. The summed E-state index contributed by atoms with van der Waals surface area (Å²) in [5.74, 6) is 1.21. The summed E-state index contributed by atoms with van der Waals surface area (Å²) in [6, 6.07) is 0. The fourth-order valence-corrected chi connectivity index (χ4v) is 3.16. The topological polar surface area (TPSA) is 81.2 Å². The average Bonchev–Trinajstić information content (AvgIpc) is 2.43. The maximum atomic E-state index is 11.3. The zero-order valence-corrected chi connectivity index (χ0v) is 10.3. The van der Waals surface area contributed by atoms with Crippen molar-refractivity contribution in [3.05, 3.63) is 5.69 Å². The van der Waals surface area contributed by atoms with Gasteiger partial charge in [-0.1, -0.05) is 0 Å². The van der Waals surface area contributed by atoms with Gasteiger partial charge >= 0.3 is 0 Å². The smallest absolute Gasteiger partial charge is 0.153 e. The van der Waals surface area contributed by atoms with Crippen LogP contribution in [0.25, 0.3) is 0 Å². The molecule has 1 aliphatic rings. The van der Waals surface area contributed by atoms with E-state index in [2.05, 4.69) is 5.10 Å². The van der Waals surface area contributed by atoms with Crippen LogP contribution < -0.4 is 10.6 Å². The van der Waals surface area contributed by atoms with Crippen LogP contribution in [0.3, 0.4) is 0 Å². The summed E-state index contributed by atoms with van der Waals surface area (Å²) in [6.07, 6.45) is 0. The van der Waals surface area contributed by atoms with E-state index in [0.29, 0.717) is 18.8 Å². The zero-order valence-electron chi connectivity index (χ0n) is 9.47. The molecule has 6 nitrogen and oxygen atoms in total. The van der Waals surface area contributed by atoms with Crippen LogP contribution in [-0.2, 0) is 16.9 Å². The number of rotatable bonds is 1. The molecule has 2 heterocycles. The van der Waals surface area contributed by atoms with Crippen molar-refractivity contribution < 1.29 is 8.42 Å². The summed E-state index contributed by atoms with van der Waals surface area (Å²) in [5.41, 5.74) is 7.35.